The Balaban J connectivity index is 2.53. The van der Waals surface area contributed by atoms with Gasteiger partial charge in [0.15, 0.2) is 0 Å². The highest BCUT2D eigenvalue weighted by atomic mass is 15.1. The molecule has 0 radical (unpaired) electrons. The maximum Gasteiger partial charge on any atom is 0.0393 e. The van der Waals surface area contributed by atoms with E-state index < -0.39 is 0 Å². The molecule has 0 saturated heterocycles. The van der Waals surface area contributed by atoms with Crippen molar-refractivity contribution in [1.29, 1.82) is 0 Å². The van der Waals surface area contributed by atoms with Crippen molar-refractivity contribution >= 4 is 5.69 Å². The van der Waals surface area contributed by atoms with Gasteiger partial charge in [0.2, 0.25) is 0 Å². The number of aryl methyl sites for hydroxylation is 2. The van der Waals surface area contributed by atoms with Gasteiger partial charge in [-0.25, -0.2) is 0 Å². The van der Waals surface area contributed by atoms with E-state index in [9.17, 15) is 0 Å². The van der Waals surface area contributed by atoms with Crippen LogP contribution in [0.3, 0.4) is 0 Å². The minimum absolute atomic E-state index is 0.239. The van der Waals surface area contributed by atoms with Crippen molar-refractivity contribution < 1.29 is 0 Å². The molecule has 1 rings (SSSR count). The summed E-state index contributed by atoms with van der Waals surface area (Å²) in [5, 5.41) is 3.60. The molecular weight excluding hydrogens is 220 g/mol. The summed E-state index contributed by atoms with van der Waals surface area (Å²) in [5.41, 5.74) is 4.25. The van der Waals surface area contributed by atoms with Gasteiger partial charge in [0, 0.05) is 31.4 Å². The molecule has 0 spiro atoms. The summed E-state index contributed by atoms with van der Waals surface area (Å²) < 4.78 is 0. The van der Waals surface area contributed by atoms with E-state index in [1.54, 1.807) is 0 Å². The quantitative estimate of drug-likeness (QED) is 0.828. The van der Waals surface area contributed by atoms with E-state index in [4.69, 9.17) is 0 Å². The van der Waals surface area contributed by atoms with E-state index in [1.807, 2.05) is 0 Å². The van der Waals surface area contributed by atoms with Crippen LogP contribution in [0.2, 0.25) is 0 Å². The molecule has 0 saturated carbocycles. The zero-order valence-electron chi connectivity index (χ0n) is 12.8. The van der Waals surface area contributed by atoms with Crippen LogP contribution < -0.4 is 10.2 Å². The Kier molecular flexibility index (Phi) is 5.21. The Morgan fingerprint density at radius 1 is 1.22 bits per heavy atom. The van der Waals surface area contributed by atoms with Gasteiger partial charge in [0.25, 0.3) is 0 Å². The minimum Gasteiger partial charge on any atom is -0.373 e. The molecule has 0 aliphatic heterocycles. The van der Waals surface area contributed by atoms with Crippen molar-refractivity contribution in [2.45, 2.75) is 46.6 Å². The van der Waals surface area contributed by atoms with Crippen LogP contribution in [0, 0.1) is 13.8 Å². The molecule has 0 bridgehead atoms. The average molecular weight is 248 g/mol. The van der Waals surface area contributed by atoms with E-state index in [1.165, 1.54) is 16.8 Å². The number of nitrogens with zero attached hydrogens (tertiary/aromatic N) is 1. The molecule has 1 aromatic carbocycles. The van der Waals surface area contributed by atoms with Crippen LogP contribution in [0.15, 0.2) is 18.2 Å². The zero-order valence-corrected chi connectivity index (χ0v) is 12.8. The number of nitrogens with one attached hydrogen (secondary N) is 1. The molecule has 0 aliphatic rings. The molecule has 0 atom stereocenters. The lowest BCUT2D eigenvalue weighted by Crippen LogP contribution is -2.42. The first-order chi connectivity index (χ1) is 8.35. The highest BCUT2D eigenvalue weighted by Crippen LogP contribution is 2.19. The number of hydrogen-bond acceptors (Lipinski definition) is 2. The molecule has 2 nitrogen and oxygen atoms in total. The molecule has 0 fully saturated rings. The fraction of sp³-hybridized carbons (Fsp3) is 0.625. The van der Waals surface area contributed by atoms with Gasteiger partial charge in [-0.15, -0.1) is 0 Å². The summed E-state index contributed by atoms with van der Waals surface area (Å²) in [5.74, 6) is 0. The summed E-state index contributed by atoms with van der Waals surface area (Å²) in [6, 6.07) is 6.65. The number of likely N-dealkylation sites (N-methyl/N-ethyl adjacent to an activating group) is 1. The van der Waals surface area contributed by atoms with Crippen LogP contribution in [0.1, 0.15) is 38.3 Å². The molecule has 0 aromatic heterocycles. The molecule has 0 amide bonds. The third kappa shape index (κ3) is 4.34. The highest BCUT2D eigenvalue weighted by Gasteiger charge is 2.13. The van der Waals surface area contributed by atoms with Gasteiger partial charge in [-0.2, -0.15) is 0 Å². The molecule has 102 valence electrons. The molecule has 1 N–H and O–H groups in total. The third-order valence-electron chi connectivity index (χ3n) is 3.70. The monoisotopic (exact) mass is 248 g/mol. The molecule has 0 unspecified atom stereocenters. The van der Waals surface area contributed by atoms with Gasteiger partial charge < -0.3 is 10.2 Å². The summed E-state index contributed by atoms with van der Waals surface area (Å²) in [7, 11) is 2.16. The van der Waals surface area contributed by atoms with Gasteiger partial charge in [0.1, 0.15) is 0 Å². The fourth-order valence-corrected chi connectivity index (χ4v) is 2.04. The first-order valence-electron chi connectivity index (χ1n) is 6.89. The van der Waals surface area contributed by atoms with E-state index in [0.717, 1.165) is 19.5 Å². The number of benzene rings is 1. The lowest BCUT2D eigenvalue weighted by molar-refractivity contribution is 0.381. The van der Waals surface area contributed by atoms with Crippen LogP contribution in [-0.4, -0.2) is 25.7 Å². The molecular formula is C16H28N2. The summed E-state index contributed by atoms with van der Waals surface area (Å²) in [6.45, 7) is 13.1. The van der Waals surface area contributed by atoms with E-state index in [2.05, 4.69) is 70.1 Å². The number of rotatable bonds is 6. The fourth-order valence-electron chi connectivity index (χ4n) is 2.04. The van der Waals surface area contributed by atoms with Crippen LogP contribution in [0.5, 0.6) is 0 Å². The van der Waals surface area contributed by atoms with Crippen molar-refractivity contribution in [1.82, 2.24) is 5.32 Å². The molecule has 1 aromatic rings. The maximum absolute atomic E-state index is 3.60. The lowest BCUT2D eigenvalue weighted by Gasteiger charge is -2.28. The summed E-state index contributed by atoms with van der Waals surface area (Å²) >= 11 is 0. The summed E-state index contributed by atoms with van der Waals surface area (Å²) in [6.07, 6.45) is 1.15. The second-order valence-corrected chi connectivity index (χ2v) is 5.88. The largest absolute Gasteiger partial charge is 0.373 e. The SMILES string of the molecule is CCC(C)(C)NCCN(C)c1ccc(C)cc1C. The van der Waals surface area contributed by atoms with Crippen molar-refractivity contribution in [3.8, 4) is 0 Å². The Bertz CT molecular complexity index is 383. The zero-order chi connectivity index (χ0) is 13.8. The second-order valence-electron chi connectivity index (χ2n) is 5.88. The Morgan fingerprint density at radius 3 is 2.44 bits per heavy atom. The van der Waals surface area contributed by atoms with Crippen LogP contribution in [0.25, 0.3) is 0 Å². The van der Waals surface area contributed by atoms with Crippen LogP contribution >= 0.6 is 0 Å². The van der Waals surface area contributed by atoms with Gasteiger partial charge in [0.05, 0.1) is 0 Å². The first-order valence-corrected chi connectivity index (χ1v) is 6.89. The Morgan fingerprint density at radius 2 is 1.89 bits per heavy atom. The number of hydrogen-bond donors (Lipinski definition) is 1. The van der Waals surface area contributed by atoms with Crippen molar-refractivity contribution in [3.63, 3.8) is 0 Å². The van der Waals surface area contributed by atoms with Gasteiger partial charge in [-0.05, 0) is 45.7 Å². The van der Waals surface area contributed by atoms with Gasteiger partial charge >= 0.3 is 0 Å². The predicted octanol–water partition coefficient (Wildman–Crippen LogP) is 3.52. The Labute approximate surface area is 112 Å². The summed E-state index contributed by atoms with van der Waals surface area (Å²) in [4.78, 5) is 2.33. The highest BCUT2D eigenvalue weighted by molar-refractivity contribution is 5.53. The van der Waals surface area contributed by atoms with Gasteiger partial charge in [-0.1, -0.05) is 24.6 Å². The van der Waals surface area contributed by atoms with Gasteiger partial charge in [-0.3, -0.25) is 0 Å². The predicted molar refractivity (Wildman–Crippen MR) is 81.6 cm³/mol. The van der Waals surface area contributed by atoms with Crippen molar-refractivity contribution in [3.05, 3.63) is 29.3 Å². The third-order valence-corrected chi connectivity index (χ3v) is 3.70. The van der Waals surface area contributed by atoms with Crippen molar-refractivity contribution in [2.24, 2.45) is 0 Å². The minimum atomic E-state index is 0.239. The van der Waals surface area contributed by atoms with E-state index in [0.29, 0.717) is 0 Å². The lowest BCUT2D eigenvalue weighted by atomic mass is 10.0. The molecule has 18 heavy (non-hydrogen) atoms. The standard InChI is InChI=1S/C16H28N2/c1-7-16(4,5)17-10-11-18(6)15-9-8-13(2)12-14(15)3/h8-9,12,17H,7,10-11H2,1-6H3. The second kappa shape index (κ2) is 6.24. The van der Waals surface area contributed by atoms with E-state index in [-0.39, 0.29) is 5.54 Å². The smallest absolute Gasteiger partial charge is 0.0393 e. The van der Waals surface area contributed by atoms with Crippen molar-refractivity contribution in [2.75, 3.05) is 25.0 Å². The van der Waals surface area contributed by atoms with E-state index >= 15 is 0 Å². The first kappa shape index (κ1) is 15.0. The van der Waals surface area contributed by atoms with Crippen LogP contribution in [-0.2, 0) is 0 Å². The maximum atomic E-state index is 3.60. The average Bonchev–Trinajstić information content (AvgIpc) is 2.28. The molecule has 0 aliphatic carbocycles. The Hall–Kier alpha value is -1.02. The van der Waals surface area contributed by atoms with Crippen LogP contribution in [0.4, 0.5) is 5.69 Å². The normalized spacial score (nSPS) is 11.7. The molecule has 0 heterocycles. The topological polar surface area (TPSA) is 15.3 Å². The molecule has 2 heteroatoms. The number of anilines is 1.